The molecule has 2 atom stereocenters. The van der Waals surface area contributed by atoms with Gasteiger partial charge in [0.2, 0.25) is 5.91 Å². The molecule has 0 radical (unpaired) electrons. The van der Waals surface area contributed by atoms with E-state index < -0.39 is 17.9 Å². The van der Waals surface area contributed by atoms with Crippen molar-refractivity contribution in [1.29, 1.82) is 0 Å². The molecule has 28 heavy (non-hydrogen) atoms. The second kappa shape index (κ2) is 7.94. The predicted octanol–water partition coefficient (Wildman–Crippen LogP) is 2.19. The summed E-state index contributed by atoms with van der Waals surface area (Å²) in [5, 5.41) is 2.88. The van der Waals surface area contributed by atoms with Gasteiger partial charge < -0.3 is 10.1 Å². The molecule has 6 heteroatoms. The Morgan fingerprint density at radius 2 is 1.68 bits per heavy atom. The number of benzene rings is 2. The van der Waals surface area contributed by atoms with Gasteiger partial charge in [-0.15, -0.1) is 0 Å². The molecule has 0 aromatic heterocycles. The molecule has 2 aromatic carbocycles. The van der Waals surface area contributed by atoms with E-state index in [0.29, 0.717) is 24.3 Å². The number of imide groups is 1. The fourth-order valence-corrected chi connectivity index (χ4v) is 3.77. The summed E-state index contributed by atoms with van der Waals surface area (Å²) in [6.07, 6.45) is 2.13. The third kappa shape index (κ3) is 3.55. The minimum Gasteiger partial charge on any atom is -0.376 e. The number of fused-ring (bicyclic) bond motifs is 1. The molecule has 0 bridgehead atoms. The Hall–Kier alpha value is -2.99. The maximum Gasteiger partial charge on any atom is 0.262 e. The highest BCUT2D eigenvalue weighted by Gasteiger charge is 2.42. The number of carbonyl (C=O) groups excluding carboxylic acids is 3. The van der Waals surface area contributed by atoms with Crippen LogP contribution in [0.1, 0.15) is 39.1 Å². The van der Waals surface area contributed by atoms with E-state index in [1.165, 1.54) is 0 Å². The lowest BCUT2D eigenvalue weighted by atomic mass is 10.0. The smallest absolute Gasteiger partial charge is 0.262 e. The molecule has 2 aliphatic rings. The second-order valence-corrected chi connectivity index (χ2v) is 7.11. The Labute approximate surface area is 163 Å². The maximum atomic E-state index is 13.0. The zero-order chi connectivity index (χ0) is 19.5. The molecule has 4 rings (SSSR count). The zero-order valence-electron chi connectivity index (χ0n) is 15.5. The van der Waals surface area contributed by atoms with Crippen molar-refractivity contribution in [3.8, 4) is 0 Å². The van der Waals surface area contributed by atoms with Crippen molar-refractivity contribution >= 4 is 17.7 Å². The van der Waals surface area contributed by atoms with Crippen molar-refractivity contribution in [1.82, 2.24) is 10.2 Å². The van der Waals surface area contributed by atoms with E-state index in [2.05, 4.69) is 5.32 Å². The average Bonchev–Trinajstić information content (AvgIpc) is 3.33. The van der Waals surface area contributed by atoms with Crippen LogP contribution in [0.25, 0.3) is 0 Å². The highest BCUT2D eigenvalue weighted by molar-refractivity contribution is 6.22. The van der Waals surface area contributed by atoms with Crippen molar-refractivity contribution < 1.29 is 19.1 Å². The normalized spacial score (nSPS) is 19.6. The van der Waals surface area contributed by atoms with Crippen molar-refractivity contribution in [2.24, 2.45) is 0 Å². The summed E-state index contributed by atoms with van der Waals surface area (Å²) < 4.78 is 5.56. The molecule has 0 spiro atoms. The monoisotopic (exact) mass is 378 g/mol. The Balaban J connectivity index is 1.58. The van der Waals surface area contributed by atoms with E-state index in [-0.39, 0.29) is 18.4 Å². The highest BCUT2D eigenvalue weighted by atomic mass is 16.5. The van der Waals surface area contributed by atoms with Gasteiger partial charge in [0.15, 0.2) is 0 Å². The Morgan fingerprint density at radius 1 is 1.04 bits per heavy atom. The number of hydrogen-bond acceptors (Lipinski definition) is 4. The number of rotatable bonds is 6. The number of ether oxygens (including phenoxy) is 1. The number of carbonyl (C=O) groups is 3. The van der Waals surface area contributed by atoms with Crippen molar-refractivity contribution in [2.45, 2.75) is 31.4 Å². The van der Waals surface area contributed by atoms with Gasteiger partial charge in [-0.25, -0.2) is 0 Å². The number of nitrogens with one attached hydrogen (secondary N) is 1. The predicted molar refractivity (Wildman–Crippen MR) is 103 cm³/mol. The molecule has 0 unspecified atom stereocenters. The van der Waals surface area contributed by atoms with Crippen LogP contribution in [0.2, 0.25) is 0 Å². The van der Waals surface area contributed by atoms with Crippen LogP contribution in [0, 0.1) is 0 Å². The number of nitrogens with zero attached hydrogens (tertiary/aromatic N) is 1. The maximum absolute atomic E-state index is 13.0. The van der Waals surface area contributed by atoms with Gasteiger partial charge in [-0.05, 0) is 30.5 Å². The van der Waals surface area contributed by atoms with Gasteiger partial charge in [0, 0.05) is 19.6 Å². The molecule has 6 nitrogen and oxygen atoms in total. The van der Waals surface area contributed by atoms with Crippen molar-refractivity contribution in [3.63, 3.8) is 0 Å². The molecule has 1 saturated heterocycles. The van der Waals surface area contributed by atoms with Gasteiger partial charge in [0.05, 0.1) is 17.2 Å². The minimum absolute atomic E-state index is 0.0106. The van der Waals surface area contributed by atoms with Crippen LogP contribution in [-0.4, -0.2) is 47.9 Å². The first-order valence-electron chi connectivity index (χ1n) is 9.55. The largest absolute Gasteiger partial charge is 0.376 e. The summed E-state index contributed by atoms with van der Waals surface area (Å²) in [6, 6.07) is 15.2. The summed E-state index contributed by atoms with van der Waals surface area (Å²) >= 11 is 0. The first kappa shape index (κ1) is 18.4. The van der Waals surface area contributed by atoms with E-state index in [0.717, 1.165) is 23.3 Å². The molecular formula is C22H22N2O4. The Morgan fingerprint density at radius 3 is 2.29 bits per heavy atom. The van der Waals surface area contributed by atoms with E-state index >= 15 is 0 Å². The van der Waals surface area contributed by atoms with Crippen LogP contribution in [0.3, 0.4) is 0 Å². The molecular weight excluding hydrogens is 356 g/mol. The molecule has 2 aliphatic heterocycles. The topological polar surface area (TPSA) is 75.7 Å². The molecule has 144 valence electrons. The second-order valence-electron chi connectivity index (χ2n) is 7.11. The van der Waals surface area contributed by atoms with Crippen LogP contribution >= 0.6 is 0 Å². The summed E-state index contributed by atoms with van der Waals surface area (Å²) in [4.78, 5) is 39.9. The van der Waals surface area contributed by atoms with Crippen LogP contribution in [-0.2, 0) is 16.0 Å². The fraction of sp³-hybridized carbons (Fsp3) is 0.318. The van der Waals surface area contributed by atoms with Gasteiger partial charge in [0.1, 0.15) is 6.04 Å². The Bertz CT molecular complexity index is 855. The van der Waals surface area contributed by atoms with Gasteiger partial charge in [-0.3, -0.25) is 19.3 Å². The summed E-state index contributed by atoms with van der Waals surface area (Å²) in [6.45, 7) is 1.08. The van der Waals surface area contributed by atoms with Crippen molar-refractivity contribution in [2.75, 3.05) is 13.2 Å². The van der Waals surface area contributed by atoms with Crippen LogP contribution in [0.4, 0.5) is 0 Å². The van der Waals surface area contributed by atoms with Gasteiger partial charge >= 0.3 is 0 Å². The minimum atomic E-state index is -0.906. The van der Waals surface area contributed by atoms with Gasteiger partial charge in [0.25, 0.3) is 11.8 Å². The summed E-state index contributed by atoms with van der Waals surface area (Å²) in [7, 11) is 0. The van der Waals surface area contributed by atoms with Gasteiger partial charge in [-0.1, -0.05) is 42.5 Å². The van der Waals surface area contributed by atoms with Crippen LogP contribution in [0.15, 0.2) is 54.6 Å². The summed E-state index contributed by atoms with van der Waals surface area (Å²) in [5.41, 5.74) is 1.58. The van der Waals surface area contributed by atoms with E-state index in [4.69, 9.17) is 4.74 Å². The quantitative estimate of drug-likeness (QED) is 0.782. The zero-order valence-corrected chi connectivity index (χ0v) is 15.5. The lowest BCUT2D eigenvalue weighted by molar-refractivity contribution is -0.125. The molecule has 1 N–H and O–H groups in total. The standard InChI is InChI=1S/C22H22N2O4/c25-20(23-14-16-9-6-12-28-16)19(13-15-7-2-1-3-8-15)24-21(26)17-10-4-5-11-18(17)22(24)27/h1-5,7-8,10-11,16,19H,6,9,12-14H2,(H,23,25)/t16-,19+/m1/s1. The van der Waals surface area contributed by atoms with E-state index in [1.807, 2.05) is 30.3 Å². The highest BCUT2D eigenvalue weighted by Crippen LogP contribution is 2.26. The molecule has 2 aromatic rings. The van der Waals surface area contributed by atoms with Crippen LogP contribution in [0.5, 0.6) is 0 Å². The molecule has 2 heterocycles. The van der Waals surface area contributed by atoms with Gasteiger partial charge in [-0.2, -0.15) is 0 Å². The van der Waals surface area contributed by atoms with Crippen LogP contribution < -0.4 is 5.32 Å². The molecule has 0 saturated carbocycles. The molecule has 3 amide bonds. The average molecular weight is 378 g/mol. The lowest BCUT2D eigenvalue weighted by Crippen LogP contribution is -2.51. The molecule has 1 fully saturated rings. The fourth-order valence-electron chi connectivity index (χ4n) is 3.77. The SMILES string of the molecule is O=C(NC[C@H]1CCCO1)[C@H](Cc1ccccc1)N1C(=O)c2ccccc2C1=O. The van der Waals surface area contributed by atoms with Crippen molar-refractivity contribution in [3.05, 3.63) is 71.3 Å². The number of hydrogen-bond donors (Lipinski definition) is 1. The first-order valence-corrected chi connectivity index (χ1v) is 9.55. The van der Waals surface area contributed by atoms with E-state index in [1.54, 1.807) is 24.3 Å². The van der Waals surface area contributed by atoms with E-state index in [9.17, 15) is 14.4 Å². The Kier molecular flexibility index (Phi) is 5.21. The molecule has 0 aliphatic carbocycles. The lowest BCUT2D eigenvalue weighted by Gasteiger charge is -2.26. The third-order valence-corrected chi connectivity index (χ3v) is 5.24. The summed E-state index contributed by atoms with van der Waals surface area (Å²) in [5.74, 6) is -1.18. The number of amides is 3. The first-order chi connectivity index (χ1) is 13.6. The third-order valence-electron chi connectivity index (χ3n) is 5.24.